The molecule has 2 aromatic carbocycles. The van der Waals surface area contributed by atoms with Gasteiger partial charge in [-0.3, -0.25) is 4.79 Å². The van der Waals surface area contributed by atoms with E-state index in [1.807, 2.05) is 36.9 Å². The molecule has 172 valence electrons. The minimum Gasteiger partial charge on any atom is -0.493 e. The predicted octanol–water partition coefficient (Wildman–Crippen LogP) is 3.46. The molecule has 8 heteroatoms. The number of amides is 1. The normalized spacial score (nSPS) is 17.9. The summed E-state index contributed by atoms with van der Waals surface area (Å²) in [5.74, 6) is 0.378. The zero-order valence-corrected chi connectivity index (χ0v) is 19.7. The SMILES string of the molecule is COc1cccc([C@H]2CN(C(=S)NC(C)C)C[C@H]2C(=O)NCc2ccc(F)cc2)c1OC. The molecule has 2 N–H and O–H groups in total. The number of para-hydroxylation sites is 1. The van der Waals surface area contributed by atoms with Gasteiger partial charge in [0.15, 0.2) is 16.6 Å². The van der Waals surface area contributed by atoms with Gasteiger partial charge in [-0.15, -0.1) is 0 Å². The summed E-state index contributed by atoms with van der Waals surface area (Å²) in [6, 6.07) is 12.0. The van der Waals surface area contributed by atoms with Gasteiger partial charge in [-0.05, 0) is 49.8 Å². The molecule has 0 unspecified atom stereocenters. The molecule has 1 fully saturated rings. The van der Waals surface area contributed by atoms with E-state index in [-0.39, 0.29) is 29.6 Å². The average Bonchev–Trinajstić information content (AvgIpc) is 3.23. The third-order valence-corrected chi connectivity index (χ3v) is 5.94. The van der Waals surface area contributed by atoms with Gasteiger partial charge < -0.3 is 25.0 Å². The molecule has 1 aliphatic heterocycles. The van der Waals surface area contributed by atoms with Gasteiger partial charge >= 0.3 is 0 Å². The standard InChI is InChI=1S/C24H30FN3O3S/c1-15(2)27-24(32)28-13-19(18-6-5-7-21(30-3)22(18)31-4)20(14-28)23(29)26-12-16-8-10-17(25)11-9-16/h5-11,15,19-20H,12-14H2,1-4H3,(H,26,29)(H,27,32)/t19-,20-/m1/s1. The molecule has 1 saturated heterocycles. The van der Waals surface area contributed by atoms with Crippen LogP contribution < -0.4 is 20.1 Å². The van der Waals surface area contributed by atoms with Crippen molar-refractivity contribution in [2.45, 2.75) is 32.4 Å². The van der Waals surface area contributed by atoms with Gasteiger partial charge in [0.1, 0.15) is 5.82 Å². The number of nitrogens with zero attached hydrogens (tertiary/aromatic N) is 1. The Labute approximate surface area is 194 Å². The average molecular weight is 460 g/mol. The monoisotopic (exact) mass is 459 g/mol. The first-order valence-corrected chi connectivity index (χ1v) is 11.0. The maximum absolute atomic E-state index is 13.3. The van der Waals surface area contributed by atoms with Crippen LogP contribution in [0.2, 0.25) is 0 Å². The van der Waals surface area contributed by atoms with E-state index in [1.54, 1.807) is 26.4 Å². The molecule has 0 saturated carbocycles. The summed E-state index contributed by atoms with van der Waals surface area (Å²) in [7, 11) is 3.19. The van der Waals surface area contributed by atoms with E-state index < -0.39 is 0 Å². The van der Waals surface area contributed by atoms with Gasteiger partial charge in [0.2, 0.25) is 5.91 Å². The molecule has 0 radical (unpaired) electrons. The highest BCUT2D eigenvalue weighted by atomic mass is 32.1. The molecule has 32 heavy (non-hydrogen) atoms. The largest absolute Gasteiger partial charge is 0.493 e. The van der Waals surface area contributed by atoms with Crippen molar-refractivity contribution in [2.75, 3.05) is 27.3 Å². The topological polar surface area (TPSA) is 62.8 Å². The smallest absolute Gasteiger partial charge is 0.225 e. The van der Waals surface area contributed by atoms with Gasteiger partial charge in [0.25, 0.3) is 0 Å². The third kappa shape index (κ3) is 5.48. The Morgan fingerprint density at radius 2 is 1.88 bits per heavy atom. The lowest BCUT2D eigenvalue weighted by molar-refractivity contribution is -0.125. The highest BCUT2D eigenvalue weighted by Crippen LogP contribution is 2.42. The number of methoxy groups -OCH3 is 2. The Hall–Kier alpha value is -2.87. The van der Waals surface area contributed by atoms with E-state index in [0.717, 1.165) is 11.1 Å². The molecule has 0 aromatic heterocycles. The van der Waals surface area contributed by atoms with Gasteiger partial charge in [0, 0.05) is 37.2 Å². The highest BCUT2D eigenvalue weighted by molar-refractivity contribution is 7.80. The van der Waals surface area contributed by atoms with E-state index >= 15 is 0 Å². The first kappa shape index (κ1) is 23.8. The lowest BCUT2D eigenvalue weighted by Crippen LogP contribution is -2.42. The van der Waals surface area contributed by atoms with Crippen molar-refractivity contribution in [3.63, 3.8) is 0 Å². The Morgan fingerprint density at radius 3 is 2.50 bits per heavy atom. The first-order valence-electron chi connectivity index (χ1n) is 10.6. The van der Waals surface area contributed by atoms with Crippen LogP contribution in [0, 0.1) is 11.7 Å². The molecular weight excluding hydrogens is 429 g/mol. The maximum Gasteiger partial charge on any atom is 0.225 e. The van der Waals surface area contributed by atoms with Crippen molar-refractivity contribution in [3.05, 3.63) is 59.4 Å². The molecule has 1 heterocycles. The molecule has 1 aliphatic rings. The summed E-state index contributed by atoms with van der Waals surface area (Å²) >= 11 is 5.59. The summed E-state index contributed by atoms with van der Waals surface area (Å²) in [4.78, 5) is 15.3. The molecule has 6 nitrogen and oxygen atoms in total. The molecule has 1 amide bonds. The van der Waals surface area contributed by atoms with Crippen LogP contribution in [-0.2, 0) is 11.3 Å². The van der Waals surface area contributed by atoms with E-state index in [4.69, 9.17) is 21.7 Å². The predicted molar refractivity (Wildman–Crippen MR) is 126 cm³/mol. The molecule has 0 spiro atoms. The Balaban J connectivity index is 1.85. The van der Waals surface area contributed by atoms with Crippen LogP contribution in [0.4, 0.5) is 4.39 Å². The molecule has 0 bridgehead atoms. The van der Waals surface area contributed by atoms with Gasteiger partial charge in [-0.1, -0.05) is 24.3 Å². The van der Waals surface area contributed by atoms with Crippen LogP contribution in [0.15, 0.2) is 42.5 Å². The van der Waals surface area contributed by atoms with Crippen LogP contribution in [0.3, 0.4) is 0 Å². The lowest BCUT2D eigenvalue weighted by atomic mass is 9.87. The van der Waals surface area contributed by atoms with Gasteiger partial charge in [0.05, 0.1) is 20.1 Å². The van der Waals surface area contributed by atoms with Crippen molar-refractivity contribution < 1.29 is 18.7 Å². The van der Waals surface area contributed by atoms with E-state index in [0.29, 0.717) is 36.2 Å². The molecule has 0 aliphatic carbocycles. The number of rotatable bonds is 7. The number of nitrogens with one attached hydrogen (secondary N) is 2. The van der Waals surface area contributed by atoms with E-state index in [1.165, 1.54) is 12.1 Å². The second-order valence-electron chi connectivity index (χ2n) is 8.15. The number of carbonyl (C=O) groups is 1. The summed E-state index contributed by atoms with van der Waals surface area (Å²) < 4.78 is 24.3. The zero-order valence-electron chi connectivity index (χ0n) is 18.9. The number of halogens is 1. The van der Waals surface area contributed by atoms with Crippen molar-refractivity contribution >= 4 is 23.2 Å². The van der Waals surface area contributed by atoms with Crippen LogP contribution in [0.25, 0.3) is 0 Å². The summed E-state index contributed by atoms with van der Waals surface area (Å²) in [6.07, 6.45) is 0. The second kappa shape index (κ2) is 10.6. The lowest BCUT2D eigenvalue weighted by Gasteiger charge is -2.23. The molecule has 2 atom stereocenters. The Morgan fingerprint density at radius 1 is 1.16 bits per heavy atom. The number of benzene rings is 2. The van der Waals surface area contributed by atoms with Crippen molar-refractivity contribution in [2.24, 2.45) is 5.92 Å². The number of ether oxygens (including phenoxy) is 2. The maximum atomic E-state index is 13.3. The fourth-order valence-electron chi connectivity index (χ4n) is 4.02. The fourth-order valence-corrected chi connectivity index (χ4v) is 4.40. The number of thiocarbonyl (C=S) groups is 1. The fraction of sp³-hybridized carbons (Fsp3) is 0.417. The number of hydrogen-bond acceptors (Lipinski definition) is 4. The van der Waals surface area contributed by atoms with Crippen LogP contribution >= 0.6 is 12.2 Å². The summed E-state index contributed by atoms with van der Waals surface area (Å²) in [5.41, 5.74) is 1.74. The van der Waals surface area contributed by atoms with E-state index in [2.05, 4.69) is 10.6 Å². The number of carbonyl (C=O) groups excluding carboxylic acids is 1. The number of likely N-dealkylation sites (tertiary alicyclic amines) is 1. The molecule has 2 aromatic rings. The van der Waals surface area contributed by atoms with Gasteiger partial charge in [-0.2, -0.15) is 0 Å². The Kier molecular flexibility index (Phi) is 7.90. The van der Waals surface area contributed by atoms with Crippen molar-refractivity contribution in [1.82, 2.24) is 15.5 Å². The van der Waals surface area contributed by atoms with Crippen LogP contribution in [-0.4, -0.2) is 49.3 Å². The van der Waals surface area contributed by atoms with E-state index in [9.17, 15) is 9.18 Å². The Bertz CT molecular complexity index is 952. The first-order chi connectivity index (χ1) is 15.3. The zero-order chi connectivity index (χ0) is 23.3. The summed E-state index contributed by atoms with van der Waals surface area (Å²) in [6.45, 7) is 5.44. The minimum absolute atomic E-state index is 0.0842. The van der Waals surface area contributed by atoms with Gasteiger partial charge in [-0.25, -0.2) is 4.39 Å². The minimum atomic E-state index is -0.344. The van der Waals surface area contributed by atoms with Crippen LogP contribution in [0.5, 0.6) is 11.5 Å². The molecule has 3 rings (SSSR count). The summed E-state index contributed by atoms with van der Waals surface area (Å²) in [5, 5.41) is 6.89. The second-order valence-corrected chi connectivity index (χ2v) is 8.54. The number of hydrogen-bond donors (Lipinski definition) is 2. The van der Waals surface area contributed by atoms with Crippen molar-refractivity contribution in [3.8, 4) is 11.5 Å². The highest BCUT2D eigenvalue weighted by Gasteiger charge is 2.41. The van der Waals surface area contributed by atoms with Crippen molar-refractivity contribution in [1.29, 1.82) is 0 Å². The third-order valence-electron chi connectivity index (χ3n) is 5.57. The quantitative estimate of drug-likeness (QED) is 0.619. The van der Waals surface area contributed by atoms with Crippen LogP contribution in [0.1, 0.15) is 30.9 Å². The molecular formula is C24H30FN3O3S.